The smallest absolute Gasteiger partial charge is 0.156 e. The Labute approximate surface area is 137 Å². The Balaban J connectivity index is 2.04. The van der Waals surface area contributed by atoms with E-state index in [0.717, 1.165) is 27.8 Å². The number of benzene rings is 1. The molecule has 1 N–H and O–H groups in total. The molecule has 0 radical (unpaired) electrons. The summed E-state index contributed by atoms with van der Waals surface area (Å²) in [7, 11) is 1.61. The lowest BCUT2D eigenvalue weighted by Gasteiger charge is -2.10. The van der Waals surface area contributed by atoms with Crippen molar-refractivity contribution < 1.29 is 9.15 Å². The van der Waals surface area contributed by atoms with Crippen LogP contribution in [0.15, 0.2) is 53.5 Å². The fraction of sp³-hybridized carbons (Fsp3) is 0.0556. The Morgan fingerprint density at radius 2 is 2.00 bits per heavy atom. The largest absolute Gasteiger partial charge is 0.497 e. The number of nitriles is 1. The van der Waals surface area contributed by atoms with E-state index in [0.29, 0.717) is 16.9 Å². The summed E-state index contributed by atoms with van der Waals surface area (Å²) < 4.78 is 10.4. The highest BCUT2D eigenvalue weighted by molar-refractivity contribution is 5.98. The first kappa shape index (κ1) is 14.0. The average Bonchev–Trinajstić information content (AvgIpc) is 3.31. The molecule has 3 heterocycles. The number of nitrogens with one attached hydrogen (secondary N) is 1. The normalized spacial score (nSPS) is 10.7. The van der Waals surface area contributed by atoms with Crippen molar-refractivity contribution in [2.24, 2.45) is 0 Å². The quantitative estimate of drug-likeness (QED) is 0.621. The maximum atomic E-state index is 9.78. The molecular weight excluding hydrogens is 304 g/mol. The third kappa shape index (κ3) is 2.11. The highest BCUT2D eigenvalue weighted by Gasteiger charge is 2.19. The molecule has 0 aliphatic rings. The number of furan rings is 1. The van der Waals surface area contributed by atoms with Crippen LogP contribution in [0.2, 0.25) is 0 Å². The molecule has 1 aromatic carbocycles. The van der Waals surface area contributed by atoms with E-state index >= 15 is 0 Å². The molecule has 0 unspecified atom stereocenters. The van der Waals surface area contributed by atoms with Crippen LogP contribution in [0, 0.1) is 11.3 Å². The van der Waals surface area contributed by atoms with Gasteiger partial charge in [-0.3, -0.25) is 5.10 Å². The van der Waals surface area contributed by atoms with E-state index in [1.54, 1.807) is 25.8 Å². The van der Waals surface area contributed by atoms with Gasteiger partial charge in [0.25, 0.3) is 0 Å². The van der Waals surface area contributed by atoms with Crippen molar-refractivity contribution in [2.45, 2.75) is 0 Å². The monoisotopic (exact) mass is 316 g/mol. The van der Waals surface area contributed by atoms with Crippen molar-refractivity contribution in [3.05, 3.63) is 54.6 Å². The molecule has 0 bridgehead atoms. The maximum absolute atomic E-state index is 9.78. The van der Waals surface area contributed by atoms with Crippen LogP contribution in [0.25, 0.3) is 33.4 Å². The molecule has 6 nitrogen and oxygen atoms in total. The summed E-state index contributed by atoms with van der Waals surface area (Å²) in [6.45, 7) is 0. The van der Waals surface area contributed by atoms with E-state index in [-0.39, 0.29) is 0 Å². The van der Waals surface area contributed by atoms with Crippen LogP contribution >= 0.6 is 0 Å². The zero-order valence-corrected chi connectivity index (χ0v) is 12.8. The number of ether oxygens (including phenoxy) is 1. The van der Waals surface area contributed by atoms with Crippen molar-refractivity contribution >= 4 is 11.0 Å². The second-order valence-corrected chi connectivity index (χ2v) is 5.20. The number of rotatable bonds is 3. The lowest BCUT2D eigenvalue weighted by atomic mass is 9.96. The van der Waals surface area contributed by atoms with Crippen molar-refractivity contribution in [1.29, 1.82) is 5.26 Å². The van der Waals surface area contributed by atoms with Gasteiger partial charge in [0.2, 0.25) is 0 Å². The molecule has 0 saturated heterocycles. The number of aromatic amines is 1. The van der Waals surface area contributed by atoms with Crippen LogP contribution < -0.4 is 4.74 Å². The number of methoxy groups -OCH3 is 1. The first-order valence-electron chi connectivity index (χ1n) is 7.26. The summed E-state index contributed by atoms with van der Waals surface area (Å²) in [5.74, 6) is 0.745. The van der Waals surface area contributed by atoms with Crippen LogP contribution in [-0.4, -0.2) is 22.3 Å². The van der Waals surface area contributed by atoms with E-state index in [4.69, 9.17) is 9.15 Å². The number of fused-ring (bicyclic) bond motifs is 1. The SMILES string of the molecule is COc1ccc(-c2nc3[nH]ncc3c(-c3ccoc3)c2C#N)cc1. The van der Waals surface area contributed by atoms with Gasteiger partial charge in [0.1, 0.15) is 11.8 Å². The van der Waals surface area contributed by atoms with Crippen molar-refractivity contribution in [3.63, 3.8) is 0 Å². The fourth-order valence-corrected chi connectivity index (χ4v) is 2.74. The minimum atomic E-state index is 0.482. The molecule has 0 atom stereocenters. The molecule has 6 heteroatoms. The van der Waals surface area contributed by atoms with Crippen molar-refractivity contribution in [3.8, 4) is 34.2 Å². The van der Waals surface area contributed by atoms with Crippen LogP contribution in [0.3, 0.4) is 0 Å². The first-order valence-corrected chi connectivity index (χ1v) is 7.26. The predicted octanol–water partition coefficient (Wildman–Crippen LogP) is 3.77. The molecule has 0 spiro atoms. The van der Waals surface area contributed by atoms with E-state index < -0.39 is 0 Å². The van der Waals surface area contributed by atoms with Gasteiger partial charge >= 0.3 is 0 Å². The fourth-order valence-electron chi connectivity index (χ4n) is 2.74. The van der Waals surface area contributed by atoms with Crippen molar-refractivity contribution in [1.82, 2.24) is 15.2 Å². The van der Waals surface area contributed by atoms with Gasteiger partial charge in [-0.15, -0.1) is 0 Å². The van der Waals surface area contributed by atoms with Gasteiger partial charge in [0.05, 0.1) is 37.1 Å². The molecule has 0 aliphatic heterocycles. The highest BCUT2D eigenvalue weighted by atomic mass is 16.5. The zero-order chi connectivity index (χ0) is 16.5. The Bertz CT molecular complexity index is 1040. The van der Waals surface area contributed by atoms with Crippen LogP contribution in [0.4, 0.5) is 0 Å². The van der Waals surface area contributed by atoms with Gasteiger partial charge in [-0.05, 0) is 30.3 Å². The van der Waals surface area contributed by atoms with E-state index in [1.807, 2.05) is 30.3 Å². The van der Waals surface area contributed by atoms with Crippen LogP contribution in [-0.2, 0) is 0 Å². The molecule has 0 amide bonds. The molecule has 0 aliphatic carbocycles. The number of hydrogen-bond acceptors (Lipinski definition) is 5. The topological polar surface area (TPSA) is 87.7 Å². The van der Waals surface area contributed by atoms with Gasteiger partial charge < -0.3 is 9.15 Å². The van der Waals surface area contributed by atoms with Gasteiger partial charge in [-0.1, -0.05) is 0 Å². The minimum Gasteiger partial charge on any atom is -0.497 e. The number of pyridine rings is 1. The molecule has 24 heavy (non-hydrogen) atoms. The highest BCUT2D eigenvalue weighted by Crippen LogP contribution is 2.36. The number of nitrogens with zero attached hydrogens (tertiary/aromatic N) is 3. The standard InChI is InChI=1S/C18H12N4O2/c1-23-13-4-2-11(3-5-13)17-14(8-19)16(12-6-7-24-10-12)15-9-20-22-18(15)21-17/h2-7,9-10H,1H3,(H,20,21,22). The maximum Gasteiger partial charge on any atom is 0.156 e. The lowest BCUT2D eigenvalue weighted by Crippen LogP contribution is -1.95. The predicted molar refractivity (Wildman–Crippen MR) is 88.3 cm³/mol. The minimum absolute atomic E-state index is 0.482. The molecule has 116 valence electrons. The van der Waals surface area contributed by atoms with Crippen LogP contribution in [0.1, 0.15) is 5.56 Å². The molecule has 4 aromatic rings. The van der Waals surface area contributed by atoms with Gasteiger partial charge in [-0.25, -0.2) is 4.98 Å². The van der Waals surface area contributed by atoms with E-state index in [2.05, 4.69) is 21.3 Å². The molecule has 3 aromatic heterocycles. The first-order chi connectivity index (χ1) is 11.8. The lowest BCUT2D eigenvalue weighted by molar-refractivity contribution is 0.415. The molecule has 0 saturated carbocycles. The Hall–Kier alpha value is -3.59. The second kappa shape index (κ2) is 5.56. The number of aromatic nitrogens is 3. The summed E-state index contributed by atoms with van der Waals surface area (Å²) in [6.07, 6.45) is 4.86. The molecular formula is C18H12N4O2. The Morgan fingerprint density at radius 1 is 1.17 bits per heavy atom. The average molecular weight is 316 g/mol. The number of H-pyrrole nitrogens is 1. The number of hydrogen-bond donors (Lipinski definition) is 1. The Morgan fingerprint density at radius 3 is 2.67 bits per heavy atom. The van der Waals surface area contributed by atoms with Crippen LogP contribution in [0.5, 0.6) is 5.75 Å². The third-order valence-electron chi connectivity index (χ3n) is 3.88. The van der Waals surface area contributed by atoms with E-state index in [9.17, 15) is 5.26 Å². The Kier molecular flexibility index (Phi) is 3.25. The molecule has 4 rings (SSSR count). The summed E-state index contributed by atoms with van der Waals surface area (Å²) in [5.41, 5.74) is 4.10. The summed E-state index contributed by atoms with van der Waals surface area (Å²) in [5, 5.41) is 17.5. The molecule has 0 fully saturated rings. The summed E-state index contributed by atoms with van der Waals surface area (Å²) in [4.78, 5) is 4.59. The third-order valence-corrected chi connectivity index (χ3v) is 3.88. The zero-order valence-electron chi connectivity index (χ0n) is 12.8. The van der Waals surface area contributed by atoms with Crippen molar-refractivity contribution in [2.75, 3.05) is 7.11 Å². The van der Waals surface area contributed by atoms with Gasteiger partial charge in [-0.2, -0.15) is 10.4 Å². The van der Waals surface area contributed by atoms with Gasteiger partial charge in [0, 0.05) is 22.1 Å². The summed E-state index contributed by atoms with van der Waals surface area (Å²) in [6, 6.07) is 11.5. The van der Waals surface area contributed by atoms with E-state index in [1.165, 1.54) is 0 Å². The second-order valence-electron chi connectivity index (χ2n) is 5.20. The van der Waals surface area contributed by atoms with Gasteiger partial charge in [0.15, 0.2) is 5.65 Å². The summed E-state index contributed by atoms with van der Waals surface area (Å²) >= 11 is 0.